The molecule has 1 aliphatic carbocycles. The van der Waals surface area contributed by atoms with Crippen molar-refractivity contribution in [2.24, 2.45) is 0 Å². The van der Waals surface area contributed by atoms with E-state index >= 15 is 0 Å². The van der Waals surface area contributed by atoms with Crippen LogP contribution in [0.2, 0.25) is 0 Å². The number of hydrogen-bond donors (Lipinski definition) is 0. The molecule has 27 heavy (non-hydrogen) atoms. The molecular weight excluding hydrogens is 450 g/mol. The summed E-state index contributed by atoms with van der Waals surface area (Å²) in [6, 6.07) is 7.09. The number of halogens is 2. The summed E-state index contributed by atoms with van der Waals surface area (Å²) in [6.07, 6.45) is 9.83. The zero-order chi connectivity index (χ0) is 20.4. The van der Waals surface area contributed by atoms with Crippen LogP contribution in [0.25, 0.3) is 0 Å². The van der Waals surface area contributed by atoms with Crippen LogP contribution >= 0.6 is 17.0 Å². The van der Waals surface area contributed by atoms with E-state index in [1.165, 1.54) is 78.3 Å². The van der Waals surface area contributed by atoms with Crippen molar-refractivity contribution in [1.29, 1.82) is 0 Å². The van der Waals surface area contributed by atoms with Gasteiger partial charge in [-0.2, -0.15) is 51.1 Å². The van der Waals surface area contributed by atoms with Crippen LogP contribution in [0.15, 0.2) is 18.2 Å². The van der Waals surface area contributed by atoms with Crippen molar-refractivity contribution in [1.82, 2.24) is 0 Å². The molecule has 0 nitrogen and oxygen atoms in total. The maximum atomic E-state index is 4.93. The average Bonchev–Trinajstić information content (AvgIpc) is 3.07. The normalized spacial score (nSPS) is 14.4. The SMILES string of the molecule is CC[c-]1ccc(C2CCCCCC2)c1.Cc1c(C)c(C)[c-](C)c1C.[Cl][Zr+2][Cl]. The fraction of sp³-hybridized carbons (Fsp3) is 0.583. The molecule has 0 atom stereocenters. The van der Waals surface area contributed by atoms with Crippen LogP contribution in [-0.4, -0.2) is 0 Å². The molecule has 0 heterocycles. The monoisotopic (exact) mass is 484 g/mol. The van der Waals surface area contributed by atoms with Crippen molar-refractivity contribution in [2.45, 2.75) is 92.4 Å². The third kappa shape index (κ3) is 7.83. The summed E-state index contributed by atoms with van der Waals surface area (Å²) in [6.45, 7) is 13.2. The van der Waals surface area contributed by atoms with Gasteiger partial charge in [-0.05, 0) is 0 Å². The van der Waals surface area contributed by atoms with Crippen molar-refractivity contribution >= 4 is 17.0 Å². The van der Waals surface area contributed by atoms with E-state index in [4.69, 9.17) is 17.0 Å². The van der Waals surface area contributed by atoms with Crippen LogP contribution in [-0.2, 0) is 27.3 Å². The zero-order valence-corrected chi connectivity index (χ0v) is 22.0. The van der Waals surface area contributed by atoms with Crippen LogP contribution in [0.1, 0.15) is 90.3 Å². The van der Waals surface area contributed by atoms with E-state index in [-0.39, 0.29) is 0 Å². The summed E-state index contributed by atoms with van der Waals surface area (Å²) in [4.78, 5) is 0. The standard InChI is InChI=1S/C14H21.C10H15.2ClH.Zr/c1-2-12-9-10-14(11-12)13-7-5-3-4-6-8-13;1-6-7(2)9(4)10(5)8(6)3;;;/h9-11,13H,2-8H2,1H3;1-5H3;2*1H;/q2*-1;;;+4/p-2. The van der Waals surface area contributed by atoms with Gasteiger partial charge < -0.3 is 0 Å². The summed E-state index contributed by atoms with van der Waals surface area (Å²) < 4.78 is 0. The topological polar surface area (TPSA) is 0 Å². The van der Waals surface area contributed by atoms with Crippen LogP contribution in [0.5, 0.6) is 0 Å². The summed E-state index contributed by atoms with van der Waals surface area (Å²) in [5.41, 5.74) is 10.5. The van der Waals surface area contributed by atoms with Gasteiger partial charge in [-0.15, -0.1) is 0 Å². The Morgan fingerprint density at radius 3 is 1.78 bits per heavy atom. The van der Waals surface area contributed by atoms with Crippen LogP contribution in [0.4, 0.5) is 0 Å². The first-order valence-corrected chi connectivity index (χ1v) is 16.6. The molecule has 3 heteroatoms. The predicted octanol–water partition coefficient (Wildman–Crippen LogP) is 8.73. The molecule has 0 amide bonds. The minimum atomic E-state index is -0.826. The fourth-order valence-electron chi connectivity index (χ4n) is 4.01. The zero-order valence-electron chi connectivity index (χ0n) is 18.0. The molecule has 0 N–H and O–H groups in total. The Bertz CT molecular complexity index is 578. The average molecular weight is 487 g/mol. The summed E-state index contributed by atoms with van der Waals surface area (Å²) in [7, 11) is 9.87. The molecule has 0 unspecified atom stereocenters. The third-order valence-corrected chi connectivity index (χ3v) is 6.39. The molecule has 0 aromatic heterocycles. The molecule has 0 spiro atoms. The van der Waals surface area contributed by atoms with Crippen LogP contribution in [0, 0.1) is 34.6 Å². The molecule has 1 saturated carbocycles. The fourth-order valence-corrected chi connectivity index (χ4v) is 4.01. The summed E-state index contributed by atoms with van der Waals surface area (Å²) in [5, 5.41) is 0. The van der Waals surface area contributed by atoms with Gasteiger partial charge in [-0.1, -0.05) is 92.4 Å². The quantitative estimate of drug-likeness (QED) is 0.294. The van der Waals surface area contributed by atoms with Gasteiger partial charge in [-0.25, -0.2) is 6.07 Å². The molecular formula is C24H36Cl2Zr. The van der Waals surface area contributed by atoms with E-state index < -0.39 is 20.8 Å². The van der Waals surface area contributed by atoms with E-state index in [1.807, 2.05) is 0 Å². The van der Waals surface area contributed by atoms with E-state index in [2.05, 4.69) is 59.7 Å². The van der Waals surface area contributed by atoms with Gasteiger partial charge in [0.05, 0.1) is 0 Å². The first kappa shape index (κ1) is 25.2. The second-order valence-electron chi connectivity index (χ2n) is 7.79. The Labute approximate surface area is 186 Å². The maximum absolute atomic E-state index is 4.93. The summed E-state index contributed by atoms with van der Waals surface area (Å²) >= 11 is -0.826. The van der Waals surface area contributed by atoms with Crippen molar-refractivity contribution in [3.05, 3.63) is 57.1 Å². The van der Waals surface area contributed by atoms with E-state index in [9.17, 15) is 0 Å². The first-order valence-electron chi connectivity index (χ1n) is 10.3. The van der Waals surface area contributed by atoms with Crippen molar-refractivity contribution in [3.8, 4) is 0 Å². The second-order valence-corrected chi connectivity index (χ2v) is 11.5. The van der Waals surface area contributed by atoms with Crippen molar-refractivity contribution in [2.75, 3.05) is 0 Å². The third-order valence-electron chi connectivity index (χ3n) is 6.39. The molecule has 0 bridgehead atoms. The van der Waals surface area contributed by atoms with Crippen molar-refractivity contribution < 1.29 is 20.8 Å². The van der Waals surface area contributed by atoms with Gasteiger partial charge in [0.25, 0.3) is 0 Å². The second kappa shape index (κ2) is 13.4. The number of hydrogen-bond acceptors (Lipinski definition) is 0. The van der Waals surface area contributed by atoms with E-state index in [0.29, 0.717) is 0 Å². The van der Waals surface area contributed by atoms with Gasteiger partial charge in [0, 0.05) is 0 Å². The van der Waals surface area contributed by atoms with Gasteiger partial charge >= 0.3 is 37.9 Å². The molecule has 0 radical (unpaired) electrons. The van der Waals surface area contributed by atoms with Gasteiger partial charge in [0.15, 0.2) is 0 Å². The molecule has 2 aromatic rings. The van der Waals surface area contributed by atoms with Gasteiger partial charge in [-0.3, -0.25) is 0 Å². The minimum absolute atomic E-state index is 0.826. The molecule has 0 aliphatic heterocycles. The molecule has 2 aromatic carbocycles. The molecule has 150 valence electrons. The molecule has 0 saturated heterocycles. The summed E-state index contributed by atoms with van der Waals surface area (Å²) in [5.74, 6) is 0.873. The van der Waals surface area contributed by atoms with Gasteiger partial charge in [0.1, 0.15) is 0 Å². The predicted molar refractivity (Wildman–Crippen MR) is 119 cm³/mol. The first-order chi connectivity index (χ1) is 12.9. The Kier molecular flexibility index (Phi) is 12.5. The Morgan fingerprint density at radius 1 is 0.963 bits per heavy atom. The number of aryl methyl sites for hydroxylation is 1. The van der Waals surface area contributed by atoms with E-state index in [0.717, 1.165) is 5.92 Å². The Hall–Kier alpha value is 0.163. The van der Waals surface area contributed by atoms with Crippen LogP contribution in [0.3, 0.4) is 0 Å². The molecule has 1 aliphatic rings. The molecule has 1 fully saturated rings. The number of rotatable bonds is 2. The Morgan fingerprint density at radius 2 is 1.44 bits per heavy atom. The van der Waals surface area contributed by atoms with E-state index in [1.54, 1.807) is 5.56 Å². The van der Waals surface area contributed by atoms with Crippen molar-refractivity contribution in [3.63, 3.8) is 0 Å². The van der Waals surface area contributed by atoms with Gasteiger partial charge in [0.2, 0.25) is 0 Å². The van der Waals surface area contributed by atoms with Crippen LogP contribution < -0.4 is 0 Å². The Balaban J connectivity index is 0.000000246. The molecule has 3 rings (SSSR count).